The molecular weight excluding hydrogens is 230 g/mol. The molecule has 0 radical (unpaired) electrons. The van der Waals surface area contributed by atoms with E-state index in [9.17, 15) is 0 Å². The van der Waals surface area contributed by atoms with E-state index in [2.05, 4.69) is 35.9 Å². The molecule has 18 heavy (non-hydrogen) atoms. The van der Waals surface area contributed by atoms with E-state index in [4.69, 9.17) is 9.26 Å². The summed E-state index contributed by atoms with van der Waals surface area (Å²) in [7, 11) is 0. The van der Waals surface area contributed by atoms with Gasteiger partial charge in [0, 0.05) is 11.5 Å². The Morgan fingerprint density at radius 2 is 2.00 bits per heavy atom. The molecule has 5 nitrogen and oxygen atoms in total. The van der Waals surface area contributed by atoms with E-state index in [1.807, 2.05) is 13.0 Å². The Balaban J connectivity index is 1.98. The molecule has 0 saturated heterocycles. The van der Waals surface area contributed by atoms with E-state index in [1.165, 1.54) is 0 Å². The zero-order chi connectivity index (χ0) is 13.2. The number of nitrogens with zero attached hydrogens (tertiary/aromatic N) is 3. The van der Waals surface area contributed by atoms with Gasteiger partial charge in [0.15, 0.2) is 0 Å². The highest BCUT2D eigenvalue weighted by Gasteiger charge is 2.15. The van der Waals surface area contributed by atoms with Crippen LogP contribution in [0, 0.1) is 6.92 Å². The van der Waals surface area contributed by atoms with Gasteiger partial charge in [-0.1, -0.05) is 25.9 Å². The van der Waals surface area contributed by atoms with E-state index in [-0.39, 0.29) is 5.41 Å². The van der Waals surface area contributed by atoms with Crippen LogP contribution in [0.25, 0.3) is 0 Å². The number of ether oxygens (including phenoxy) is 1. The lowest BCUT2D eigenvalue weighted by Gasteiger charge is -2.16. The van der Waals surface area contributed by atoms with Crippen molar-refractivity contribution in [2.75, 3.05) is 0 Å². The summed E-state index contributed by atoms with van der Waals surface area (Å²) >= 11 is 0. The molecule has 0 unspecified atom stereocenters. The van der Waals surface area contributed by atoms with Gasteiger partial charge in [0.1, 0.15) is 18.1 Å². The minimum atomic E-state index is -0.00520. The van der Waals surface area contributed by atoms with Crippen LogP contribution >= 0.6 is 0 Å². The topological polar surface area (TPSA) is 61.0 Å². The normalized spacial score (nSPS) is 11.6. The molecule has 0 aliphatic carbocycles. The van der Waals surface area contributed by atoms with E-state index in [1.54, 1.807) is 12.4 Å². The van der Waals surface area contributed by atoms with E-state index >= 15 is 0 Å². The number of aromatic nitrogens is 3. The smallest absolute Gasteiger partial charge is 0.232 e. The number of hydrogen-bond donors (Lipinski definition) is 0. The second-order valence-electron chi connectivity index (χ2n) is 5.21. The van der Waals surface area contributed by atoms with Crippen LogP contribution in [0.2, 0.25) is 0 Å². The molecule has 0 aliphatic rings. The van der Waals surface area contributed by atoms with Crippen molar-refractivity contribution in [1.82, 2.24) is 15.1 Å². The lowest BCUT2D eigenvalue weighted by atomic mass is 9.93. The molecule has 0 atom stereocenters. The Labute approximate surface area is 106 Å². The zero-order valence-electron chi connectivity index (χ0n) is 11.1. The molecule has 96 valence electrons. The van der Waals surface area contributed by atoms with Crippen molar-refractivity contribution in [1.29, 1.82) is 0 Å². The Hall–Kier alpha value is -1.91. The lowest BCUT2D eigenvalue weighted by Crippen LogP contribution is -2.13. The van der Waals surface area contributed by atoms with Crippen LogP contribution < -0.4 is 4.74 Å². The summed E-state index contributed by atoms with van der Waals surface area (Å²) in [6.07, 6.45) is 3.37. The van der Waals surface area contributed by atoms with Gasteiger partial charge in [-0.15, -0.1) is 0 Å². The monoisotopic (exact) mass is 247 g/mol. The van der Waals surface area contributed by atoms with Crippen molar-refractivity contribution in [2.45, 2.75) is 39.7 Å². The lowest BCUT2D eigenvalue weighted by molar-refractivity contribution is 0.276. The summed E-state index contributed by atoms with van der Waals surface area (Å²) in [5.74, 6) is 1.26. The molecule has 2 rings (SSSR count). The quantitative estimate of drug-likeness (QED) is 0.834. The van der Waals surface area contributed by atoms with Crippen LogP contribution in [0.3, 0.4) is 0 Å². The van der Waals surface area contributed by atoms with Crippen molar-refractivity contribution in [3.63, 3.8) is 0 Å². The molecule has 2 aromatic heterocycles. The molecule has 0 fully saturated rings. The summed E-state index contributed by atoms with van der Waals surface area (Å²) < 4.78 is 10.4. The maximum atomic E-state index is 5.48. The number of rotatable bonds is 3. The van der Waals surface area contributed by atoms with Crippen LogP contribution in [-0.4, -0.2) is 15.1 Å². The average molecular weight is 247 g/mol. The minimum Gasteiger partial charge on any atom is -0.470 e. The van der Waals surface area contributed by atoms with Gasteiger partial charge < -0.3 is 9.26 Å². The van der Waals surface area contributed by atoms with Crippen molar-refractivity contribution in [3.05, 3.63) is 35.6 Å². The fourth-order valence-corrected chi connectivity index (χ4v) is 1.41. The molecule has 0 saturated carbocycles. The predicted octanol–water partition coefficient (Wildman–Crippen LogP) is 2.65. The standard InChI is InChI=1S/C13H17N3O2/c1-9-5-10(16-18-9)8-17-12-7-14-11(6-15-12)13(2,3)4/h5-7H,8H2,1-4H3. The molecule has 0 aliphatic heterocycles. The molecule has 2 heterocycles. The maximum absolute atomic E-state index is 5.48. The fourth-order valence-electron chi connectivity index (χ4n) is 1.41. The summed E-state index contributed by atoms with van der Waals surface area (Å²) in [4.78, 5) is 8.56. The Morgan fingerprint density at radius 3 is 2.50 bits per heavy atom. The van der Waals surface area contributed by atoms with Crippen LogP contribution in [0.1, 0.15) is 37.9 Å². The second kappa shape index (κ2) is 4.76. The van der Waals surface area contributed by atoms with Gasteiger partial charge in [0.2, 0.25) is 5.88 Å². The third-order valence-electron chi connectivity index (χ3n) is 2.44. The summed E-state index contributed by atoms with van der Waals surface area (Å²) in [6.45, 7) is 8.45. The van der Waals surface area contributed by atoms with Crippen molar-refractivity contribution >= 4 is 0 Å². The van der Waals surface area contributed by atoms with Crippen LogP contribution in [0.15, 0.2) is 23.0 Å². The first-order valence-corrected chi connectivity index (χ1v) is 5.82. The van der Waals surface area contributed by atoms with Gasteiger partial charge in [-0.2, -0.15) is 0 Å². The zero-order valence-corrected chi connectivity index (χ0v) is 11.1. The summed E-state index contributed by atoms with van der Waals surface area (Å²) in [5, 5.41) is 3.84. The van der Waals surface area contributed by atoms with E-state index in [0.717, 1.165) is 17.1 Å². The van der Waals surface area contributed by atoms with Crippen molar-refractivity contribution in [2.24, 2.45) is 0 Å². The third kappa shape index (κ3) is 3.06. The highest BCUT2D eigenvalue weighted by Crippen LogP contribution is 2.20. The van der Waals surface area contributed by atoms with Crippen molar-refractivity contribution < 1.29 is 9.26 Å². The summed E-state index contributed by atoms with van der Waals surface area (Å²) in [5.41, 5.74) is 1.68. The van der Waals surface area contributed by atoms with Crippen LogP contribution in [0.4, 0.5) is 0 Å². The second-order valence-corrected chi connectivity index (χ2v) is 5.21. The van der Waals surface area contributed by atoms with Gasteiger partial charge in [-0.25, -0.2) is 4.98 Å². The highest BCUT2D eigenvalue weighted by atomic mass is 16.5. The number of hydrogen-bond acceptors (Lipinski definition) is 5. The molecule has 0 bridgehead atoms. The first kappa shape index (κ1) is 12.5. The summed E-state index contributed by atoms with van der Waals surface area (Å²) in [6, 6.07) is 1.83. The van der Waals surface area contributed by atoms with Gasteiger partial charge in [-0.3, -0.25) is 4.98 Å². The van der Waals surface area contributed by atoms with Gasteiger partial charge >= 0.3 is 0 Å². The highest BCUT2D eigenvalue weighted by molar-refractivity contribution is 5.14. The van der Waals surface area contributed by atoms with Crippen molar-refractivity contribution in [3.8, 4) is 5.88 Å². The molecule has 0 amide bonds. The van der Waals surface area contributed by atoms with Crippen LogP contribution in [0.5, 0.6) is 5.88 Å². The maximum Gasteiger partial charge on any atom is 0.232 e. The molecule has 0 aromatic carbocycles. The Kier molecular flexibility index (Phi) is 3.32. The SMILES string of the molecule is Cc1cc(COc2cnc(C(C)(C)C)cn2)no1. The first-order chi connectivity index (χ1) is 8.45. The predicted molar refractivity (Wildman–Crippen MR) is 66.3 cm³/mol. The Bertz CT molecular complexity index is 512. The molecule has 0 N–H and O–H groups in total. The van der Waals surface area contributed by atoms with Gasteiger partial charge in [0.05, 0.1) is 18.1 Å². The first-order valence-electron chi connectivity index (χ1n) is 5.82. The molecule has 0 spiro atoms. The fraction of sp³-hybridized carbons (Fsp3) is 0.462. The number of aryl methyl sites for hydroxylation is 1. The molecule has 2 aromatic rings. The van der Waals surface area contributed by atoms with E-state index in [0.29, 0.717) is 12.5 Å². The van der Waals surface area contributed by atoms with E-state index < -0.39 is 0 Å². The van der Waals surface area contributed by atoms with Gasteiger partial charge in [0.25, 0.3) is 0 Å². The largest absolute Gasteiger partial charge is 0.470 e. The van der Waals surface area contributed by atoms with Gasteiger partial charge in [-0.05, 0) is 6.92 Å². The average Bonchev–Trinajstić information content (AvgIpc) is 2.72. The molecule has 5 heteroatoms. The minimum absolute atomic E-state index is 0.00520. The van der Waals surface area contributed by atoms with Crippen LogP contribution in [-0.2, 0) is 12.0 Å². The third-order valence-corrected chi connectivity index (χ3v) is 2.44. The Morgan fingerprint density at radius 1 is 1.22 bits per heavy atom. The molecular formula is C13H17N3O2.